The minimum Gasteiger partial charge on any atom is -0.387 e. The summed E-state index contributed by atoms with van der Waals surface area (Å²) < 4.78 is 26.9. The Kier molecular flexibility index (Phi) is 4.26. The van der Waals surface area contributed by atoms with Crippen molar-refractivity contribution in [2.75, 3.05) is 12.4 Å². The fourth-order valence-electron chi connectivity index (χ4n) is 1.56. The van der Waals surface area contributed by atoms with E-state index in [1.54, 1.807) is 25.5 Å². The second-order valence-electron chi connectivity index (χ2n) is 4.10. The number of anilines is 1. The molecule has 0 aliphatic rings. The topological polar surface area (TPSA) is 96.9 Å². The zero-order chi connectivity index (χ0) is 14.6. The van der Waals surface area contributed by atoms with Gasteiger partial charge in [-0.25, -0.2) is 13.1 Å². The first-order chi connectivity index (χ1) is 9.53. The van der Waals surface area contributed by atoms with Gasteiger partial charge in [-0.15, -0.1) is 0 Å². The quantitative estimate of drug-likeness (QED) is 0.842. The summed E-state index contributed by atoms with van der Waals surface area (Å²) in [6, 6.07) is 1.60. The molecule has 0 saturated heterocycles. The van der Waals surface area contributed by atoms with E-state index in [0.717, 1.165) is 5.69 Å². The molecule has 20 heavy (non-hydrogen) atoms. The number of nitrogens with one attached hydrogen (secondary N) is 2. The summed E-state index contributed by atoms with van der Waals surface area (Å²) in [5, 5.41) is 2.82. The Morgan fingerprint density at radius 1 is 1.20 bits per heavy atom. The van der Waals surface area contributed by atoms with Crippen LogP contribution in [0.15, 0.2) is 35.7 Å². The zero-order valence-electron chi connectivity index (χ0n) is 11.2. The summed E-state index contributed by atoms with van der Waals surface area (Å²) in [5.74, 6) is 0. The molecule has 8 heteroatoms. The number of sulfonamides is 1. The molecule has 0 aliphatic carbocycles. The number of nitrogens with zero attached hydrogens (tertiary/aromatic N) is 3. The van der Waals surface area contributed by atoms with E-state index in [9.17, 15) is 8.42 Å². The Morgan fingerprint density at radius 3 is 2.65 bits per heavy atom. The van der Waals surface area contributed by atoms with Gasteiger partial charge in [-0.3, -0.25) is 15.0 Å². The second-order valence-corrected chi connectivity index (χ2v) is 5.83. The van der Waals surface area contributed by atoms with Crippen LogP contribution in [0.1, 0.15) is 11.4 Å². The normalized spacial score (nSPS) is 11.3. The number of hydrogen-bond acceptors (Lipinski definition) is 6. The molecule has 0 saturated carbocycles. The van der Waals surface area contributed by atoms with Crippen molar-refractivity contribution in [1.29, 1.82) is 0 Å². The van der Waals surface area contributed by atoms with Gasteiger partial charge in [0.25, 0.3) is 0 Å². The van der Waals surface area contributed by atoms with Gasteiger partial charge in [0, 0.05) is 25.6 Å². The highest BCUT2D eigenvalue weighted by molar-refractivity contribution is 7.89. The van der Waals surface area contributed by atoms with Crippen molar-refractivity contribution < 1.29 is 8.42 Å². The molecule has 0 radical (unpaired) electrons. The summed E-state index contributed by atoms with van der Waals surface area (Å²) in [6.07, 6.45) is 5.96. The van der Waals surface area contributed by atoms with Gasteiger partial charge in [0.05, 0.1) is 29.8 Å². The molecule has 0 spiro atoms. The molecular weight excluding hydrogens is 278 g/mol. The smallest absolute Gasteiger partial charge is 0.244 e. The highest BCUT2D eigenvalue weighted by Gasteiger charge is 2.18. The molecule has 2 rings (SSSR count). The van der Waals surface area contributed by atoms with E-state index in [2.05, 4.69) is 25.0 Å². The Bertz CT molecular complexity index is 685. The van der Waals surface area contributed by atoms with Crippen LogP contribution < -0.4 is 10.0 Å². The molecular formula is C12H15N5O2S. The number of hydrogen-bond donors (Lipinski definition) is 2. The van der Waals surface area contributed by atoms with E-state index >= 15 is 0 Å². The fraction of sp³-hybridized carbons (Fsp3) is 0.250. The van der Waals surface area contributed by atoms with Crippen molar-refractivity contribution >= 4 is 15.7 Å². The molecule has 2 aromatic rings. The average Bonchev–Trinajstić information content (AvgIpc) is 2.46. The maximum Gasteiger partial charge on any atom is 0.244 e. The minimum atomic E-state index is -3.65. The predicted molar refractivity (Wildman–Crippen MR) is 74.6 cm³/mol. The Hall–Kier alpha value is -2.06. The first-order valence-electron chi connectivity index (χ1n) is 5.92. The lowest BCUT2D eigenvalue weighted by atomic mass is 10.4. The minimum absolute atomic E-state index is 0.0770. The molecule has 7 nitrogen and oxygen atoms in total. The lowest BCUT2D eigenvalue weighted by Gasteiger charge is -2.10. The maximum absolute atomic E-state index is 12.2. The Labute approximate surface area is 117 Å². The number of aryl methyl sites for hydroxylation is 1. The maximum atomic E-state index is 12.2. The molecule has 2 N–H and O–H groups in total. The van der Waals surface area contributed by atoms with Crippen LogP contribution in [0.2, 0.25) is 0 Å². The first-order valence-corrected chi connectivity index (χ1v) is 7.40. The van der Waals surface area contributed by atoms with Gasteiger partial charge in [0.15, 0.2) is 0 Å². The molecule has 2 heterocycles. The predicted octanol–water partition coefficient (Wildman–Crippen LogP) is 0.700. The van der Waals surface area contributed by atoms with Gasteiger partial charge < -0.3 is 5.32 Å². The SMILES string of the molecule is CNc1ccncc1S(=O)(=O)NCc1cnc(C)cn1. The van der Waals surface area contributed by atoms with Crippen LogP contribution in [0.5, 0.6) is 0 Å². The molecule has 0 bridgehead atoms. The van der Waals surface area contributed by atoms with E-state index < -0.39 is 10.0 Å². The molecule has 0 unspecified atom stereocenters. The second kappa shape index (κ2) is 5.93. The van der Waals surface area contributed by atoms with Crippen LogP contribution in [0.4, 0.5) is 5.69 Å². The van der Waals surface area contributed by atoms with Crippen molar-refractivity contribution in [2.45, 2.75) is 18.4 Å². The fourth-order valence-corrected chi connectivity index (χ4v) is 2.71. The van der Waals surface area contributed by atoms with Crippen LogP contribution in [0, 0.1) is 6.92 Å². The van der Waals surface area contributed by atoms with Gasteiger partial charge in [-0.2, -0.15) is 0 Å². The van der Waals surface area contributed by atoms with Crippen LogP contribution in [-0.4, -0.2) is 30.4 Å². The molecule has 106 valence electrons. The first kappa shape index (κ1) is 14.4. The highest BCUT2D eigenvalue weighted by Crippen LogP contribution is 2.18. The standard InChI is InChI=1S/C12H15N5O2S/c1-9-5-16-10(6-15-9)7-17-20(18,19)12-8-14-4-3-11(12)13-2/h3-6,8,17H,7H2,1-2H3,(H,13,14). The van der Waals surface area contributed by atoms with E-state index in [1.165, 1.54) is 12.4 Å². The van der Waals surface area contributed by atoms with Gasteiger partial charge in [0.2, 0.25) is 10.0 Å². The Balaban J connectivity index is 2.17. The summed E-state index contributed by atoms with van der Waals surface area (Å²) in [4.78, 5) is 12.1. The van der Waals surface area contributed by atoms with E-state index in [4.69, 9.17) is 0 Å². The number of rotatable bonds is 5. The summed E-state index contributed by atoms with van der Waals surface area (Å²) in [7, 11) is -2.00. The third-order valence-corrected chi connectivity index (χ3v) is 4.05. The lowest BCUT2D eigenvalue weighted by Crippen LogP contribution is -2.24. The van der Waals surface area contributed by atoms with Crippen molar-refractivity contribution in [2.24, 2.45) is 0 Å². The molecule has 0 fully saturated rings. The van der Waals surface area contributed by atoms with Crippen LogP contribution in [0.25, 0.3) is 0 Å². The van der Waals surface area contributed by atoms with Crippen molar-refractivity contribution in [3.05, 3.63) is 42.2 Å². The van der Waals surface area contributed by atoms with Gasteiger partial charge in [0.1, 0.15) is 4.90 Å². The van der Waals surface area contributed by atoms with E-state index in [1.807, 2.05) is 6.92 Å². The van der Waals surface area contributed by atoms with E-state index in [0.29, 0.717) is 11.4 Å². The van der Waals surface area contributed by atoms with Crippen molar-refractivity contribution in [3.8, 4) is 0 Å². The summed E-state index contributed by atoms with van der Waals surface area (Å²) in [5.41, 5.74) is 1.82. The molecule has 0 aliphatic heterocycles. The zero-order valence-corrected chi connectivity index (χ0v) is 12.0. The van der Waals surface area contributed by atoms with Gasteiger partial charge >= 0.3 is 0 Å². The number of aromatic nitrogens is 3. The van der Waals surface area contributed by atoms with Crippen LogP contribution >= 0.6 is 0 Å². The molecule has 2 aromatic heterocycles. The third-order valence-electron chi connectivity index (χ3n) is 2.62. The van der Waals surface area contributed by atoms with Crippen molar-refractivity contribution in [1.82, 2.24) is 19.7 Å². The molecule has 0 atom stereocenters. The summed E-state index contributed by atoms with van der Waals surface area (Å²) >= 11 is 0. The summed E-state index contributed by atoms with van der Waals surface area (Å²) in [6.45, 7) is 1.89. The third kappa shape index (κ3) is 3.28. The monoisotopic (exact) mass is 293 g/mol. The molecule has 0 aromatic carbocycles. The van der Waals surface area contributed by atoms with Gasteiger partial charge in [-0.05, 0) is 13.0 Å². The van der Waals surface area contributed by atoms with Crippen LogP contribution in [-0.2, 0) is 16.6 Å². The lowest BCUT2D eigenvalue weighted by molar-refractivity contribution is 0.580. The van der Waals surface area contributed by atoms with Crippen LogP contribution in [0.3, 0.4) is 0 Å². The highest BCUT2D eigenvalue weighted by atomic mass is 32.2. The largest absolute Gasteiger partial charge is 0.387 e. The Morgan fingerprint density at radius 2 is 2.00 bits per heavy atom. The van der Waals surface area contributed by atoms with E-state index in [-0.39, 0.29) is 11.4 Å². The number of pyridine rings is 1. The van der Waals surface area contributed by atoms with Crippen molar-refractivity contribution in [3.63, 3.8) is 0 Å². The average molecular weight is 293 g/mol. The van der Waals surface area contributed by atoms with Gasteiger partial charge in [-0.1, -0.05) is 0 Å². The molecule has 0 amide bonds.